The molecule has 19 heavy (non-hydrogen) atoms. The summed E-state index contributed by atoms with van der Waals surface area (Å²) in [5.74, 6) is 0. The van der Waals surface area contributed by atoms with Crippen LogP contribution in [0, 0.1) is 0 Å². The average molecular weight is 298 g/mol. The summed E-state index contributed by atoms with van der Waals surface area (Å²) in [5, 5.41) is 4.54. The van der Waals surface area contributed by atoms with Gasteiger partial charge in [-0.25, -0.2) is 0 Å². The predicted molar refractivity (Wildman–Crippen MR) is 87.3 cm³/mol. The van der Waals surface area contributed by atoms with Crippen LogP contribution in [0.3, 0.4) is 0 Å². The first-order chi connectivity index (χ1) is 9.13. The van der Waals surface area contributed by atoms with Crippen molar-refractivity contribution in [3.63, 3.8) is 0 Å². The van der Waals surface area contributed by atoms with E-state index in [0.717, 1.165) is 18.0 Å². The van der Waals surface area contributed by atoms with E-state index in [1.54, 1.807) is 0 Å². The van der Waals surface area contributed by atoms with Crippen LogP contribution in [0.25, 0.3) is 0 Å². The van der Waals surface area contributed by atoms with Crippen LogP contribution in [0.4, 0.5) is 0 Å². The highest BCUT2D eigenvalue weighted by Gasteiger charge is 2.32. The van der Waals surface area contributed by atoms with Gasteiger partial charge in [-0.15, -0.1) is 0 Å². The molecule has 1 saturated carbocycles. The van der Waals surface area contributed by atoms with Crippen molar-refractivity contribution in [1.29, 1.82) is 0 Å². The monoisotopic (exact) mass is 297 g/mol. The lowest BCUT2D eigenvalue weighted by Gasteiger charge is -2.29. The third-order valence-corrected chi connectivity index (χ3v) is 5.85. The molecule has 1 aromatic rings. The predicted octanol–water partition coefficient (Wildman–Crippen LogP) is 4.54. The maximum absolute atomic E-state index is 5.91. The van der Waals surface area contributed by atoms with Crippen molar-refractivity contribution in [2.24, 2.45) is 0 Å². The van der Waals surface area contributed by atoms with Crippen LogP contribution < -0.4 is 5.32 Å². The van der Waals surface area contributed by atoms with Crippen LogP contribution in [0.15, 0.2) is 24.3 Å². The van der Waals surface area contributed by atoms with E-state index in [1.165, 1.54) is 31.2 Å². The van der Waals surface area contributed by atoms with Gasteiger partial charge < -0.3 is 5.32 Å². The molecule has 106 valence electrons. The highest BCUT2D eigenvalue weighted by Crippen LogP contribution is 2.39. The van der Waals surface area contributed by atoms with Gasteiger partial charge in [0, 0.05) is 22.4 Å². The van der Waals surface area contributed by atoms with Crippen LogP contribution in [0.5, 0.6) is 0 Å². The largest absolute Gasteiger partial charge is 0.313 e. The maximum Gasteiger partial charge on any atom is 0.0406 e. The van der Waals surface area contributed by atoms with Crippen LogP contribution in [-0.2, 0) is 6.42 Å². The molecule has 1 nitrogen and oxygen atoms in total. The molecule has 1 atom stereocenters. The minimum Gasteiger partial charge on any atom is -0.313 e. The molecule has 2 rings (SSSR count). The van der Waals surface area contributed by atoms with Crippen molar-refractivity contribution in [3.05, 3.63) is 34.9 Å². The van der Waals surface area contributed by atoms with E-state index in [4.69, 9.17) is 11.6 Å². The second kappa shape index (κ2) is 7.01. The van der Waals surface area contributed by atoms with E-state index in [0.29, 0.717) is 10.8 Å². The van der Waals surface area contributed by atoms with Gasteiger partial charge in [0.05, 0.1) is 0 Å². The zero-order valence-corrected chi connectivity index (χ0v) is 13.5. The normalized spacial score (nSPS) is 19.5. The van der Waals surface area contributed by atoms with E-state index in [2.05, 4.69) is 42.4 Å². The topological polar surface area (TPSA) is 12.0 Å². The van der Waals surface area contributed by atoms with Gasteiger partial charge in [-0.2, -0.15) is 11.8 Å². The fourth-order valence-electron chi connectivity index (χ4n) is 2.88. The van der Waals surface area contributed by atoms with Crippen molar-refractivity contribution in [2.75, 3.05) is 12.8 Å². The molecule has 0 saturated heterocycles. The smallest absolute Gasteiger partial charge is 0.0406 e. The summed E-state index contributed by atoms with van der Waals surface area (Å²) in [6.45, 7) is 3.42. The Bertz CT molecular complexity index is 384. The summed E-state index contributed by atoms with van der Waals surface area (Å²) < 4.78 is 0.494. The molecule has 1 unspecified atom stereocenters. The minimum absolute atomic E-state index is 0.494. The number of halogens is 1. The van der Waals surface area contributed by atoms with Crippen molar-refractivity contribution in [1.82, 2.24) is 5.32 Å². The molecule has 1 aliphatic rings. The summed E-state index contributed by atoms with van der Waals surface area (Å²) >= 11 is 7.96. The Hall–Kier alpha value is -0.180. The molecule has 0 aromatic heterocycles. The lowest BCUT2D eigenvalue weighted by Crippen LogP contribution is -2.40. The van der Waals surface area contributed by atoms with Crippen LogP contribution in [0.2, 0.25) is 5.02 Å². The van der Waals surface area contributed by atoms with Crippen LogP contribution in [-0.4, -0.2) is 23.6 Å². The van der Waals surface area contributed by atoms with Crippen molar-refractivity contribution in [2.45, 2.75) is 49.8 Å². The van der Waals surface area contributed by atoms with Crippen LogP contribution >= 0.6 is 23.4 Å². The lowest BCUT2D eigenvalue weighted by atomic mass is 10.0. The Kier molecular flexibility index (Phi) is 5.61. The van der Waals surface area contributed by atoms with Crippen molar-refractivity contribution >= 4 is 23.4 Å². The molecule has 1 aromatic carbocycles. The number of rotatable bonds is 6. The van der Waals surface area contributed by atoms with Gasteiger partial charge in [-0.3, -0.25) is 0 Å². The number of nitrogens with one attached hydrogen (secondary N) is 1. The quantitative estimate of drug-likeness (QED) is 0.827. The Balaban J connectivity index is 1.81. The fraction of sp³-hybridized carbons (Fsp3) is 0.625. The Morgan fingerprint density at radius 2 is 1.89 bits per heavy atom. The van der Waals surface area contributed by atoms with Crippen molar-refractivity contribution < 1.29 is 0 Å². The molecule has 1 fully saturated rings. The molecule has 0 heterocycles. The molecule has 0 radical (unpaired) electrons. The molecule has 0 aliphatic heterocycles. The average Bonchev–Trinajstić information content (AvgIpc) is 2.89. The highest BCUT2D eigenvalue weighted by atomic mass is 35.5. The lowest BCUT2D eigenvalue weighted by molar-refractivity contribution is 0.474. The number of hydrogen-bond acceptors (Lipinski definition) is 2. The number of thioether (sulfide) groups is 1. The van der Waals surface area contributed by atoms with E-state index in [-0.39, 0.29) is 0 Å². The zero-order chi connectivity index (χ0) is 13.7. The maximum atomic E-state index is 5.91. The summed E-state index contributed by atoms with van der Waals surface area (Å²) in [6, 6.07) is 8.72. The molecule has 1 aliphatic carbocycles. The van der Waals surface area contributed by atoms with Gasteiger partial charge in [-0.1, -0.05) is 36.6 Å². The number of benzene rings is 1. The SMILES string of the molecule is CSC1(CNC(C)Cc2ccc(Cl)cc2)CCCC1. The summed E-state index contributed by atoms with van der Waals surface area (Å²) in [5.41, 5.74) is 1.36. The molecule has 3 heteroatoms. The van der Waals surface area contributed by atoms with Gasteiger partial charge in [0.2, 0.25) is 0 Å². The molecule has 0 bridgehead atoms. The number of hydrogen-bond donors (Lipinski definition) is 1. The minimum atomic E-state index is 0.494. The second-order valence-corrected chi connectivity index (χ2v) is 7.42. The van der Waals surface area contributed by atoms with Gasteiger partial charge >= 0.3 is 0 Å². The van der Waals surface area contributed by atoms with E-state index in [1.807, 2.05) is 12.1 Å². The summed E-state index contributed by atoms with van der Waals surface area (Å²) in [4.78, 5) is 0. The first kappa shape index (κ1) is 15.2. The molecule has 1 N–H and O–H groups in total. The first-order valence-corrected chi connectivity index (χ1v) is 8.77. The third-order valence-electron chi connectivity index (χ3n) is 4.18. The first-order valence-electron chi connectivity index (χ1n) is 7.16. The fourth-order valence-corrected chi connectivity index (χ4v) is 3.93. The highest BCUT2D eigenvalue weighted by molar-refractivity contribution is 8.00. The Morgan fingerprint density at radius 1 is 1.26 bits per heavy atom. The molecule has 0 spiro atoms. The van der Waals surface area contributed by atoms with Gasteiger partial charge in [0.15, 0.2) is 0 Å². The summed E-state index contributed by atoms with van der Waals surface area (Å²) in [7, 11) is 0. The molecular weight excluding hydrogens is 274 g/mol. The van der Waals surface area contributed by atoms with Crippen LogP contribution in [0.1, 0.15) is 38.2 Å². The van der Waals surface area contributed by atoms with E-state index < -0.39 is 0 Å². The summed E-state index contributed by atoms with van der Waals surface area (Å²) in [6.07, 6.45) is 8.87. The van der Waals surface area contributed by atoms with Crippen molar-refractivity contribution in [3.8, 4) is 0 Å². The van der Waals surface area contributed by atoms with Gasteiger partial charge in [0.25, 0.3) is 0 Å². The standard InChI is InChI=1S/C16H24ClNS/c1-13(11-14-5-7-15(17)8-6-14)18-12-16(19-2)9-3-4-10-16/h5-8,13,18H,3-4,9-12H2,1-2H3. The van der Waals surface area contributed by atoms with E-state index in [9.17, 15) is 0 Å². The second-order valence-electron chi connectivity index (χ2n) is 5.71. The molecule has 0 amide bonds. The third kappa shape index (κ3) is 4.40. The Labute approximate surface area is 126 Å². The Morgan fingerprint density at radius 3 is 2.47 bits per heavy atom. The molecular formula is C16H24ClNS. The van der Waals surface area contributed by atoms with Gasteiger partial charge in [0.1, 0.15) is 0 Å². The zero-order valence-electron chi connectivity index (χ0n) is 11.9. The van der Waals surface area contributed by atoms with Gasteiger partial charge in [-0.05, 0) is 50.1 Å². The van der Waals surface area contributed by atoms with E-state index >= 15 is 0 Å².